The van der Waals surface area contributed by atoms with Gasteiger partial charge in [0.2, 0.25) is 0 Å². The largest absolute Gasteiger partial charge is 0.378 e. The van der Waals surface area contributed by atoms with E-state index < -0.39 is 0 Å². The van der Waals surface area contributed by atoms with E-state index in [0.717, 1.165) is 11.1 Å². The molecule has 9 heteroatoms. The lowest BCUT2D eigenvalue weighted by Gasteiger charge is -2.29. The van der Waals surface area contributed by atoms with Gasteiger partial charge in [-0.05, 0) is 35.4 Å². The number of amides is 1. The predicted octanol–water partition coefficient (Wildman–Crippen LogP) is 2.85. The van der Waals surface area contributed by atoms with Gasteiger partial charge in [-0.1, -0.05) is 18.2 Å². The summed E-state index contributed by atoms with van der Waals surface area (Å²) in [5, 5.41) is 6.44. The molecule has 7 nitrogen and oxygen atoms in total. The third-order valence-corrected chi connectivity index (χ3v) is 5.11. The fourth-order valence-corrected chi connectivity index (χ4v) is 3.34. The van der Waals surface area contributed by atoms with Gasteiger partial charge in [-0.3, -0.25) is 9.79 Å². The van der Waals surface area contributed by atoms with Crippen LogP contribution < -0.4 is 15.5 Å². The molecule has 0 aromatic heterocycles. The van der Waals surface area contributed by atoms with Crippen LogP contribution in [0.3, 0.4) is 0 Å². The average Bonchev–Trinajstić information content (AvgIpc) is 2.79. The highest BCUT2D eigenvalue weighted by Gasteiger charge is 2.15. The number of halogens is 2. The van der Waals surface area contributed by atoms with Crippen LogP contribution in [-0.2, 0) is 17.8 Å². The van der Waals surface area contributed by atoms with Crippen molar-refractivity contribution in [3.05, 3.63) is 65.0 Å². The van der Waals surface area contributed by atoms with Gasteiger partial charge in [-0.2, -0.15) is 0 Å². The van der Waals surface area contributed by atoms with Crippen LogP contribution >= 0.6 is 24.0 Å². The lowest BCUT2D eigenvalue weighted by Crippen LogP contribution is -2.37. The SMILES string of the molecule is CN=C(NCc1ccc(C(=O)N(C)C)cc1)NCc1ccc(N2CCOCC2)c(F)c1.I. The molecule has 2 aromatic rings. The van der Waals surface area contributed by atoms with Crippen molar-refractivity contribution in [2.45, 2.75) is 13.1 Å². The molecule has 0 radical (unpaired) electrons. The van der Waals surface area contributed by atoms with E-state index in [4.69, 9.17) is 4.74 Å². The maximum atomic E-state index is 14.6. The second kappa shape index (κ2) is 12.6. The van der Waals surface area contributed by atoms with E-state index in [0.29, 0.717) is 56.6 Å². The van der Waals surface area contributed by atoms with Crippen molar-refractivity contribution in [1.29, 1.82) is 0 Å². The Hall–Kier alpha value is -2.40. The minimum absolute atomic E-state index is 0. The zero-order valence-electron chi connectivity index (χ0n) is 18.7. The molecule has 0 aliphatic carbocycles. The number of ether oxygens (including phenoxy) is 1. The predicted molar refractivity (Wildman–Crippen MR) is 136 cm³/mol. The van der Waals surface area contributed by atoms with E-state index in [9.17, 15) is 9.18 Å². The summed E-state index contributed by atoms with van der Waals surface area (Å²) in [6.45, 7) is 3.67. The Bertz CT molecular complexity index is 915. The van der Waals surface area contributed by atoms with Crippen LogP contribution in [0.2, 0.25) is 0 Å². The Balaban J connectivity index is 0.00000363. The molecule has 3 rings (SSSR count). The van der Waals surface area contributed by atoms with Crippen LogP contribution in [0.5, 0.6) is 0 Å². The summed E-state index contributed by atoms with van der Waals surface area (Å²) in [6, 6.07) is 12.8. The first-order chi connectivity index (χ1) is 15.0. The number of hydrogen-bond donors (Lipinski definition) is 2. The van der Waals surface area contributed by atoms with Gasteiger partial charge in [-0.25, -0.2) is 4.39 Å². The average molecular weight is 555 g/mol. The van der Waals surface area contributed by atoms with Gasteiger partial charge in [0.05, 0.1) is 18.9 Å². The monoisotopic (exact) mass is 555 g/mol. The lowest BCUT2D eigenvalue weighted by atomic mass is 10.1. The van der Waals surface area contributed by atoms with Crippen LogP contribution in [-0.4, -0.2) is 64.2 Å². The molecule has 0 unspecified atom stereocenters. The number of benzene rings is 2. The number of rotatable bonds is 6. The highest BCUT2D eigenvalue weighted by Crippen LogP contribution is 2.21. The van der Waals surface area contributed by atoms with Crippen LogP contribution in [0.4, 0.5) is 10.1 Å². The third-order valence-electron chi connectivity index (χ3n) is 5.11. The Morgan fingerprint density at radius 1 is 1.06 bits per heavy atom. The molecule has 0 saturated carbocycles. The number of guanidine groups is 1. The number of anilines is 1. The van der Waals surface area contributed by atoms with Crippen molar-refractivity contribution < 1.29 is 13.9 Å². The van der Waals surface area contributed by atoms with E-state index >= 15 is 0 Å². The van der Waals surface area contributed by atoms with E-state index in [2.05, 4.69) is 15.6 Å². The van der Waals surface area contributed by atoms with Gasteiger partial charge in [0.1, 0.15) is 5.82 Å². The van der Waals surface area contributed by atoms with Gasteiger partial charge in [0.25, 0.3) is 5.91 Å². The molecule has 2 N–H and O–H groups in total. The van der Waals surface area contributed by atoms with Crippen molar-refractivity contribution in [2.75, 3.05) is 52.3 Å². The van der Waals surface area contributed by atoms with E-state index in [1.807, 2.05) is 41.3 Å². The van der Waals surface area contributed by atoms with Gasteiger partial charge in [0.15, 0.2) is 5.96 Å². The molecule has 0 atom stereocenters. The summed E-state index contributed by atoms with van der Waals surface area (Å²) in [4.78, 5) is 19.7. The summed E-state index contributed by atoms with van der Waals surface area (Å²) >= 11 is 0. The Morgan fingerprint density at radius 2 is 1.66 bits per heavy atom. The van der Waals surface area contributed by atoms with Gasteiger partial charge < -0.3 is 25.2 Å². The molecule has 1 fully saturated rings. The fraction of sp³-hybridized carbons (Fsp3) is 0.391. The minimum atomic E-state index is -0.225. The standard InChI is InChI=1S/C23H30FN5O2.HI/c1-25-23(26-15-17-4-7-19(8-5-17)22(30)28(2)3)27-16-18-6-9-21(20(24)14-18)29-10-12-31-13-11-29;/h4-9,14H,10-13,15-16H2,1-3H3,(H2,25,26,27);1H. The molecule has 32 heavy (non-hydrogen) atoms. The van der Waals surface area contributed by atoms with E-state index in [-0.39, 0.29) is 35.7 Å². The maximum Gasteiger partial charge on any atom is 0.253 e. The second-order valence-electron chi connectivity index (χ2n) is 7.56. The Morgan fingerprint density at radius 3 is 2.22 bits per heavy atom. The van der Waals surface area contributed by atoms with Crippen molar-refractivity contribution in [1.82, 2.24) is 15.5 Å². The fourth-order valence-electron chi connectivity index (χ4n) is 3.34. The first-order valence-electron chi connectivity index (χ1n) is 10.3. The van der Waals surface area contributed by atoms with E-state index in [1.54, 1.807) is 32.1 Å². The van der Waals surface area contributed by atoms with Crippen LogP contribution in [0, 0.1) is 5.82 Å². The molecule has 1 saturated heterocycles. The molecule has 1 amide bonds. The number of carbonyl (C=O) groups excluding carboxylic acids is 1. The molecule has 1 heterocycles. The zero-order chi connectivity index (χ0) is 22.2. The number of carbonyl (C=O) groups is 1. The Labute approximate surface area is 206 Å². The van der Waals surface area contributed by atoms with Gasteiger partial charge in [0, 0.05) is 52.9 Å². The van der Waals surface area contributed by atoms with Gasteiger partial charge >= 0.3 is 0 Å². The summed E-state index contributed by atoms with van der Waals surface area (Å²) in [7, 11) is 5.15. The number of aliphatic imine (C=N–C) groups is 1. The highest BCUT2D eigenvalue weighted by molar-refractivity contribution is 14.0. The van der Waals surface area contributed by atoms with Crippen molar-refractivity contribution >= 4 is 41.5 Å². The normalized spacial score (nSPS) is 13.9. The molecule has 1 aliphatic rings. The van der Waals surface area contributed by atoms with Crippen LogP contribution in [0.1, 0.15) is 21.5 Å². The smallest absolute Gasteiger partial charge is 0.253 e. The third kappa shape index (κ3) is 7.06. The number of morpholine rings is 1. The van der Waals surface area contributed by atoms with Crippen molar-refractivity contribution in [3.8, 4) is 0 Å². The number of hydrogen-bond acceptors (Lipinski definition) is 4. The van der Waals surface area contributed by atoms with Crippen molar-refractivity contribution in [3.63, 3.8) is 0 Å². The first kappa shape index (κ1) is 25.9. The molecule has 2 aromatic carbocycles. The van der Waals surface area contributed by atoms with Gasteiger partial charge in [-0.15, -0.1) is 24.0 Å². The molecular weight excluding hydrogens is 524 g/mol. The molecule has 1 aliphatic heterocycles. The van der Waals surface area contributed by atoms with Crippen LogP contribution in [0.15, 0.2) is 47.5 Å². The zero-order valence-corrected chi connectivity index (χ0v) is 21.1. The quantitative estimate of drug-likeness (QED) is 0.326. The Kier molecular flexibility index (Phi) is 10.2. The summed E-state index contributed by atoms with van der Waals surface area (Å²) in [6.07, 6.45) is 0. The van der Waals surface area contributed by atoms with E-state index in [1.165, 1.54) is 0 Å². The summed E-state index contributed by atoms with van der Waals surface area (Å²) < 4.78 is 19.9. The number of nitrogens with zero attached hydrogens (tertiary/aromatic N) is 3. The highest BCUT2D eigenvalue weighted by atomic mass is 127. The van der Waals surface area contributed by atoms with Crippen LogP contribution in [0.25, 0.3) is 0 Å². The van der Waals surface area contributed by atoms with Crippen molar-refractivity contribution in [2.24, 2.45) is 4.99 Å². The number of nitrogens with one attached hydrogen (secondary N) is 2. The minimum Gasteiger partial charge on any atom is -0.378 e. The molecular formula is C23H31FIN5O2. The summed E-state index contributed by atoms with van der Waals surface area (Å²) in [5.74, 6) is 0.367. The topological polar surface area (TPSA) is 69.2 Å². The second-order valence-corrected chi connectivity index (χ2v) is 7.56. The first-order valence-corrected chi connectivity index (χ1v) is 10.3. The molecule has 0 spiro atoms. The molecule has 174 valence electrons. The molecule has 0 bridgehead atoms. The summed E-state index contributed by atoms with van der Waals surface area (Å²) in [5.41, 5.74) is 3.13. The lowest BCUT2D eigenvalue weighted by molar-refractivity contribution is 0.0827. The maximum absolute atomic E-state index is 14.6.